The summed E-state index contributed by atoms with van der Waals surface area (Å²) < 4.78 is 10.9. The first-order valence-electron chi connectivity index (χ1n) is 12.0. The number of hydrogen-bond donors (Lipinski definition) is 1. The Hall–Kier alpha value is -3.77. The predicted molar refractivity (Wildman–Crippen MR) is 146 cm³/mol. The highest BCUT2D eigenvalue weighted by atomic mass is 35.5. The number of aliphatic hydroxyl groups excluding tert-OH is 1. The summed E-state index contributed by atoms with van der Waals surface area (Å²) in [4.78, 5) is 28.3. The van der Waals surface area contributed by atoms with Crippen LogP contribution in [0.1, 0.15) is 50.4 Å². The van der Waals surface area contributed by atoms with E-state index >= 15 is 0 Å². The zero-order valence-corrected chi connectivity index (χ0v) is 22.3. The molecular formula is C30H30ClNO5. The molecule has 3 aromatic rings. The van der Waals surface area contributed by atoms with Crippen LogP contribution in [0, 0.1) is 0 Å². The second kappa shape index (κ2) is 10.3. The number of Topliss-reactive ketones (excluding diaryl/α,β-unsaturated/α-hetero) is 1. The normalized spacial score (nSPS) is 17.2. The van der Waals surface area contributed by atoms with Crippen LogP contribution in [0.5, 0.6) is 11.5 Å². The van der Waals surface area contributed by atoms with Crippen molar-refractivity contribution in [2.24, 2.45) is 0 Å². The smallest absolute Gasteiger partial charge is 0.300 e. The number of carbonyl (C=O) groups excluding carboxylic acids is 2. The lowest BCUT2D eigenvalue weighted by atomic mass is 9.85. The van der Waals surface area contributed by atoms with Gasteiger partial charge in [-0.15, -0.1) is 0 Å². The topological polar surface area (TPSA) is 76.1 Å². The molecule has 6 nitrogen and oxygen atoms in total. The van der Waals surface area contributed by atoms with E-state index in [1.807, 2.05) is 31.2 Å². The molecule has 0 bridgehead atoms. The average molecular weight is 520 g/mol. The molecule has 3 aromatic carbocycles. The molecule has 1 saturated heterocycles. The first-order chi connectivity index (χ1) is 17.6. The van der Waals surface area contributed by atoms with Gasteiger partial charge in [-0.25, -0.2) is 0 Å². The Bertz CT molecular complexity index is 1370. The van der Waals surface area contributed by atoms with Crippen LogP contribution in [0.4, 0.5) is 5.69 Å². The van der Waals surface area contributed by atoms with Gasteiger partial charge in [0.2, 0.25) is 0 Å². The number of ether oxygens (including phenoxy) is 2. The lowest BCUT2D eigenvalue weighted by molar-refractivity contribution is -0.132. The molecule has 1 N–H and O–H groups in total. The summed E-state index contributed by atoms with van der Waals surface area (Å²) in [7, 11) is 1.49. The van der Waals surface area contributed by atoms with Gasteiger partial charge >= 0.3 is 0 Å². The zero-order valence-electron chi connectivity index (χ0n) is 21.5. The Balaban J connectivity index is 1.95. The summed E-state index contributed by atoms with van der Waals surface area (Å²) in [6, 6.07) is 18.6. The van der Waals surface area contributed by atoms with Crippen molar-refractivity contribution in [3.05, 3.63) is 94.0 Å². The van der Waals surface area contributed by atoms with Crippen LogP contribution in [-0.2, 0) is 15.0 Å². The van der Waals surface area contributed by atoms with Gasteiger partial charge < -0.3 is 14.6 Å². The fraction of sp³-hybridized carbons (Fsp3) is 0.267. The summed E-state index contributed by atoms with van der Waals surface area (Å²) in [6.07, 6.45) is 0. The predicted octanol–water partition coefficient (Wildman–Crippen LogP) is 6.67. The van der Waals surface area contributed by atoms with Crippen LogP contribution >= 0.6 is 11.6 Å². The van der Waals surface area contributed by atoms with E-state index in [0.717, 1.165) is 5.56 Å². The third-order valence-corrected chi connectivity index (χ3v) is 6.70. The van der Waals surface area contributed by atoms with Crippen LogP contribution in [0.3, 0.4) is 0 Å². The van der Waals surface area contributed by atoms with Gasteiger partial charge in [0.15, 0.2) is 0 Å². The standard InChI is InChI=1S/C30H30ClNO5/c1-6-37-22-9-7-8-20(16-22)32-26(18-10-12-19(13-11-18)30(2,3)4)25(28(34)29(32)35)27(33)23-17-21(36-5)14-15-24(23)31/h7-17,26,33H,6H2,1-5H3/b27-25+. The Kier molecular flexibility index (Phi) is 7.32. The van der Waals surface area contributed by atoms with Gasteiger partial charge in [0.25, 0.3) is 11.7 Å². The van der Waals surface area contributed by atoms with Crippen molar-refractivity contribution in [1.29, 1.82) is 0 Å². The van der Waals surface area contributed by atoms with Crippen molar-refractivity contribution in [2.45, 2.75) is 39.2 Å². The monoisotopic (exact) mass is 519 g/mol. The maximum atomic E-state index is 13.5. The lowest BCUT2D eigenvalue weighted by Crippen LogP contribution is -2.29. The van der Waals surface area contributed by atoms with Gasteiger partial charge in [0, 0.05) is 17.3 Å². The van der Waals surface area contributed by atoms with Crippen LogP contribution in [0.25, 0.3) is 5.76 Å². The molecular weight excluding hydrogens is 490 g/mol. The number of halogens is 1. The molecule has 4 rings (SSSR count). The maximum Gasteiger partial charge on any atom is 0.300 e. The van der Waals surface area contributed by atoms with Crippen molar-refractivity contribution in [1.82, 2.24) is 0 Å². The van der Waals surface area contributed by atoms with Gasteiger partial charge in [0.1, 0.15) is 17.3 Å². The van der Waals surface area contributed by atoms with E-state index in [0.29, 0.717) is 29.4 Å². The van der Waals surface area contributed by atoms with Crippen molar-refractivity contribution in [3.8, 4) is 11.5 Å². The van der Waals surface area contributed by atoms with E-state index in [1.165, 1.54) is 12.0 Å². The number of ketones is 1. The molecule has 1 unspecified atom stereocenters. The fourth-order valence-electron chi connectivity index (χ4n) is 4.43. The molecule has 7 heteroatoms. The number of hydrogen-bond acceptors (Lipinski definition) is 5. The quantitative estimate of drug-likeness (QED) is 0.223. The molecule has 0 aromatic heterocycles. The maximum absolute atomic E-state index is 13.5. The third kappa shape index (κ3) is 5.07. The van der Waals surface area contributed by atoms with E-state index in [1.54, 1.807) is 42.5 Å². The third-order valence-electron chi connectivity index (χ3n) is 6.37. The second-order valence-corrected chi connectivity index (χ2v) is 10.2. The number of nitrogens with zero attached hydrogens (tertiary/aromatic N) is 1. The summed E-state index contributed by atoms with van der Waals surface area (Å²) in [5.74, 6) is -0.895. The largest absolute Gasteiger partial charge is 0.507 e. The summed E-state index contributed by atoms with van der Waals surface area (Å²) in [5, 5.41) is 11.7. The van der Waals surface area contributed by atoms with Gasteiger partial charge in [-0.05, 0) is 53.8 Å². The highest BCUT2D eigenvalue weighted by Gasteiger charge is 2.47. The molecule has 192 valence electrons. The first-order valence-corrected chi connectivity index (χ1v) is 12.4. The minimum absolute atomic E-state index is 0.0505. The van der Waals surface area contributed by atoms with Crippen LogP contribution in [0.2, 0.25) is 5.02 Å². The molecule has 1 aliphatic heterocycles. The minimum Gasteiger partial charge on any atom is -0.507 e. The molecule has 0 spiro atoms. The lowest BCUT2D eigenvalue weighted by Gasteiger charge is -2.27. The molecule has 37 heavy (non-hydrogen) atoms. The van der Waals surface area contributed by atoms with Crippen LogP contribution in [0.15, 0.2) is 72.3 Å². The molecule has 1 fully saturated rings. The Morgan fingerprint density at radius 3 is 2.32 bits per heavy atom. The zero-order chi connectivity index (χ0) is 26.9. The van der Waals surface area contributed by atoms with Crippen LogP contribution < -0.4 is 14.4 Å². The number of anilines is 1. The number of aliphatic hydroxyl groups is 1. The molecule has 1 heterocycles. The van der Waals surface area contributed by atoms with Gasteiger partial charge in [0.05, 0.1) is 30.4 Å². The Labute approximate surface area is 222 Å². The molecule has 0 aliphatic carbocycles. The van der Waals surface area contributed by atoms with E-state index in [-0.39, 0.29) is 27.3 Å². The van der Waals surface area contributed by atoms with E-state index in [4.69, 9.17) is 21.1 Å². The summed E-state index contributed by atoms with van der Waals surface area (Å²) in [5.41, 5.74) is 2.33. The highest BCUT2D eigenvalue weighted by Crippen LogP contribution is 2.44. The fourth-order valence-corrected chi connectivity index (χ4v) is 4.63. The van der Waals surface area contributed by atoms with Crippen LogP contribution in [-0.4, -0.2) is 30.5 Å². The first kappa shape index (κ1) is 26.3. The number of amides is 1. The van der Waals surface area contributed by atoms with Crippen molar-refractivity contribution in [3.63, 3.8) is 0 Å². The molecule has 0 radical (unpaired) electrons. The Morgan fingerprint density at radius 2 is 1.70 bits per heavy atom. The average Bonchev–Trinajstić information content (AvgIpc) is 3.14. The SMILES string of the molecule is CCOc1cccc(N2C(=O)C(=O)/C(=C(/O)c3cc(OC)ccc3Cl)C2c2ccc(C(C)(C)C)cc2)c1. The Morgan fingerprint density at radius 1 is 1.00 bits per heavy atom. The van der Waals surface area contributed by atoms with Gasteiger partial charge in [-0.3, -0.25) is 14.5 Å². The molecule has 0 saturated carbocycles. The minimum atomic E-state index is -0.881. The number of methoxy groups -OCH3 is 1. The summed E-state index contributed by atoms with van der Waals surface area (Å²) in [6.45, 7) is 8.65. The van der Waals surface area contributed by atoms with Gasteiger partial charge in [-0.1, -0.05) is 62.7 Å². The van der Waals surface area contributed by atoms with Gasteiger partial charge in [-0.2, -0.15) is 0 Å². The highest BCUT2D eigenvalue weighted by molar-refractivity contribution is 6.52. The van der Waals surface area contributed by atoms with E-state index in [9.17, 15) is 14.7 Å². The van der Waals surface area contributed by atoms with E-state index < -0.39 is 17.7 Å². The van der Waals surface area contributed by atoms with E-state index in [2.05, 4.69) is 20.8 Å². The number of carbonyl (C=O) groups is 2. The number of rotatable bonds is 6. The molecule has 1 aliphatic rings. The number of benzene rings is 3. The molecule has 1 amide bonds. The van der Waals surface area contributed by atoms with Crippen molar-refractivity contribution in [2.75, 3.05) is 18.6 Å². The van der Waals surface area contributed by atoms with Crippen molar-refractivity contribution >= 4 is 34.7 Å². The van der Waals surface area contributed by atoms with Crippen molar-refractivity contribution < 1.29 is 24.2 Å². The summed E-state index contributed by atoms with van der Waals surface area (Å²) >= 11 is 6.41. The second-order valence-electron chi connectivity index (χ2n) is 9.82. The molecule has 1 atom stereocenters.